The molecule has 1 aliphatic rings. The van der Waals surface area contributed by atoms with E-state index in [9.17, 15) is 4.79 Å². The lowest BCUT2D eigenvalue weighted by atomic mass is 9.63. The molecule has 0 spiro atoms. The van der Waals surface area contributed by atoms with Gasteiger partial charge in [-0.3, -0.25) is 4.79 Å². The van der Waals surface area contributed by atoms with Crippen molar-refractivity contribution in [3.63, 3.8) is 0 Å². The Balaban J connectivity index is 2.58. The van der Waals surface area contributed by atoms with Gasteiger partial charge in [-0.2, -0.15) is 5.26 Å². The number of hydrogen-bond donors (Lipinski definition) is 1. The summed E-state index contributed by atoms with van der Waals surface area (Å²) < 4.78 is 0. The van der Waals surface area contributed by atoms with Crippen LogP contribution in [0.5, 0.6) is 0 Å². The fourth-order valence-corrected chi connectivity index (χ4v) is 2.22. The minimum absolute atomic E-state index is 0.00127. The molecule has 0 saturated heterocycles. The third-order valence-corrected chi connectivity index (χ3v) is 3.23. The normalized spacial score (nSPS) is 29.4. The molecular formula is C13H18N2O. The third-order valence-electron chi connectivity index (χ3n) is 3.23. The number of carbonyl (C=O) groups excluding carboxylic acids is 1. The van der Waals surface area contributed by atoms with Crippen molar-refractivity contribution in [1.82, 2.24) is 5.32 Å². The number of nitrogens with zero attached hydrogens (tertiary/aromatic N) is 1. The van der Waals surface area contributed by atoms with Gasteiger partial charge in [0.1, 0.15) is 5.41 Å². The maximum absolute atomic E-state index is 12.0. The highest BCUT2D eigenvalue weighted by Gasteiger charge is 2.49. The molecule has 86 valence electrons. The maximum Gasteiger partial charge on any atom is 0.240 e. The molecule has 1 rings (SSSR count). The van der Waals surface area contributed by atoms with Crippen molar-refractivity contribution in [2.75, 3.05) is 0 Å². The van der Waals surface area contributed by atoms with Gasteiger partial charge >= 0.3 is 0 Å². The SMILES string of the molecule is C#CCC(CC)NC(=O)C1(C#N)CC(C)C1. The van der Waals surface area contributed by atoms with Crippen LogP contribution in [0.2, 0.25) is 0 Å². The van der Waals surface area contributed by atoms with E-state index in [2.05, 4.69) is 24.2 Å². The van der Waals surface area contributed by atoms with Gasteiger partial charge in [-0.15, -0.1) is 12.3 Å². The number of terminal acetylenes is 1. The average molecular weight is 218 g/mol. The highest BCUT2D eigenvalue weighted by molar-refractivity contribution is 5.86. The molecule has 1 fully saturated rings. The standard InChI is InChI=1S/C13H18N2O/c1-4-6-11(5-2)15-12(16)13(9-14)7-10(3)8-13/h1,10-11H,5-8H2,2-3H3,(H,15,16). The van der Waals surface area contributed by atoms with Crippen molar-refractivity contribution in [3.8, 4) is 18.4 Å². The summed E-state index contributed by atoms with van der Waals surface area (Å²) in [5.41, 5.74) is -0.790. The molecule has 0 radical (unpaired) electrons. The Morgan fingerprint density at radius 1 is 1.69 bits per heavy atom. The zero-order valence-corrected chi connectivity index (χ0v) is 9.92. The molecule has 0 heterocycles. The second-order valence-electron chi connectivity index (χ2n) is 4.69. The molecular weight excluding hydrogens is 200 g/mol. The van der Waals surface area contributed by atoms with E-state index >= 15 is 0 Å². The first kappa shape index (κ1) is 12.6. The van der Waals surface area contributed by atoms with E-state index in [0.717, 1.165) is 6.42 Å². The van der Waals surface area contributed by atoms with Gasteiger partial charge in [-0.1, -0.05) is 13.8 Å². The zero-order chi connectivity index (χ0) is 12.2. The molecule has 0 aromatic carbocycles. The van der Waals surface area contributed by atoms with E-state index in [0.29, 0.717) is 25.2 Å². The van der Waals surface area contributed by atoms with Crippen LogP contribution in [0.1, 0.15) is 39.5 Å². The first-order valence-electron chi connectivity index (χ1n) is 5.73. The predicted molar refractivity (Wildman–Crippen MR) is 62.1 cm³/mol. The lowest BCUT2D eigenvalue weighted by molar-refractivity contribution is -0.134. The van der Waals surface area contributed by atoms with E-state index in [1.165, 1.54) is 0 Å². The molecule has 1 N–H and O–H groups in total. The van der Waals surface area contributed by atoms with Crippen LogP contribution in [0, 0.1) is 35.0 Å². The van der Waals surface area contributed by atoms with Crippen LogP contribution in [-0.2, 0) is 4.79 Å². The van der Waals surface area contributed by atoms with Gasteiger partial charge in [0, 0.05) is 12.5 Å². The van der Waals surface area contributed by atoms with Gasteiger partial charge in [-0.05, 0) is 25.2 Å². The minimum Gasteiger partial charge on any atom is -0.351 e. The van der Waals surface area contributed by atoms with Gasteiger partial charge in [0.2, 0.25) is 5.91 Å². The van der Waals surface area contributed by atoms with E-state index < -0.39 is 5.41 Å². The topological polar surface area (TPSA) is 52.9 Å². The molecule has 3 nitrogen and oxygen atoms in total. The quantitative estimate of drug-likeness (QED) is 0.732. The second-order valence-corrected chi connectivity index (χ2v) is 4.69. The van der Waals surface area contributed by atoms with Gasteiger partial charge in [-0.25, -0.2) is 0 Å². The largest absolute Gasteiger partial charge is 0.351 e. The highest BCUT2D eigenvalue weighted by Crippen LogP contribution is 2.45. The molecule has 1 saturated carbocycles. The summed E-state index contributed by atoms with van der Waals surface area (Å²) >= 11 is 0. The van der Waals surface area contributed by atoms with Crippen molar-refractivity contribution in [3.05, 3.63) is 0 Å². The summed E-state index contributed by atoms with van der Waals surface area (Å²) in [6, 6.07) is 2.15. The van der Waals surface area contributed by atoms with Crippen LogP contribution in [0.15, 0.2) is 0 Å². The number of carbonyl (C=O) groups is 1. The molecule has 0 aromatic heterocycles. The number of hydrogen-bond acceptors (Lipinski definition) is 2. The Labute approximate surface area is 97.2 Å². The summed E-state index contributed by atoms with van der Waals surface area (Å²) in [6.45, 7) is 4.03. The van der Waals surface area contributed by atoms with Crippen molar-refractivity contribution in [2.45, 2.75) is 45.6 Å². The molecule has 16 heavy (non-hydrogen) atoms. The lowest BCUT2D eigenvalue weighted by Crippen LogP contribution is -2.50. The zero-order valence-electron chi connectivity index (χ0n) is 9.92. The average Bonchev–Trinajstić information content (AvgIpc) is 2.23. The van der Waals surface area contributed by atoms with Crippen LogP contribution in [0.25, 0.3) is 0 Å². The summed E-state index contributed by atoms with van der Waals surface area (Å²) in [7, 11) is 0. The molecule has 1 amide bonds. The number of rotatable bonds is 4. The maximum atomic E-state index is 12.0. The van der Waals surface area contributed by atoms with Crippen LogP contribution in [-0.4, -0.2) is 11.9 Å². The summed E-state index contributed by atoms with van der Waals surface area (Å²) in [4.78, 5) is 12.0. The van der Waals surface area contributed by atoms with E-state index in [1.807, 2.05) is 6.92 Å². The van der Waals surface area contributed by atoms with Crippen molar-refractivity contribution in [2.24, 2.45) is 11.3 Å². The molecule has 0 aliphatic heterocycles. The Hall–Kier alpha value is -1.48. The molecule has 1 aliphatic carbocycles. The third kappa shape index (κ3) is 2.36. The minimum atomic E-state index is -0.790. The fraction of sp³-hybridized carbons (Fsp3) is 0.692. The lowest BCUT2D eigenvalue weighted by Gasteiger charge is -2.39. The molecule has 3 heteroatoms. The van der Waals surface area contributed by atoms with E-state index in [4.69, 9.17) is 11.7 Å². The van der Waals surface area contributed by atoms with Gasteiger partial charge in [0.15, 0.2) is 0 Å². The Morgan fingerprint density at radius 2 is 2.31 bits per heavy atom. The Bertz CT molecular complexity index is 342. The first-order valence-corrected chi connectivity index (χ1v) is 5.73. The van der Waals surface area contributed by atoms with Gasteiger partial charge < -0.3 is 5.32 Å². The monoisotopic (exact) mass is 218 g/mol. The highest BCUT2D eigenvalue weighted by atomic mass is 16.2. The van der Waals surface area contributed by atoms with Crippen molar-refractivity contribution >= 4 is 5.91 Å². The predicted octanol–water partition coefficient (Wildman–Crippen LogP) is 1.84. The number of amides is 1. The Kier molecular flexibility index (Phi) is 3.96. The van der Waals surface area contributed by atoms with Crippen molar-refractivity contribution < 1.29 is 4.79 Å². The molecule has 0 bridgehead atoms. The first-order chi connectivity index (χ1) is 7.57. The van der Waals surface area contributed by atoms with Crippen LogP contribution >= 0.6 is 0 Å². The molecule has 0 aromatic rings. The number of nitriles is 1. The van der Waals surface area contributed by atoms with E-state index in [1.54, 1.807) is 0 Å². The van der Waals surface area contributed by atoms with Crippen LogP contribution < -0.4 is 5.32 Å². The number of nitrogens with one attached hydrogen (secondary N) is 1. The van der Waals surface area contributed by atoms with E-state index in [-0.39, 0.29) is 11.9 Å². The van der Waals surface area contributed by atoms with Gasteiger partial charge in [0.05, 0.1) is 6.07 Å². The molecule has 1 atom stereocenters. The summed E-state index contributed by atoms with van der Waals surface area (Å²) in [5, 5.41) is 12.0. The van der Waals surface area contributed by atoms with Gasteiger partial charge in [0.25, 0.3) is 0 Å². The summed E-state index contributed by atoms with van der Waals surface area (Å²) in [6.07, 6.45) is 7.89. The van der Waals surface area contributed by atoms with Crippen molar-refractivity contribution in [1.29, 1.82) is 5.26 Å². The molecule has 1 unspecified atom stereocenters. The second kappa shape index (κ2) is 5.03. The van der Waals surface area contributed by atoms with Crippen LogP contribution in [0.3, 0.4) is 0 Å². The summed E-state index contributed by atoms with van der Waals surface area (Å²) in [5.74, 6) is 2.87. The smallest absolute Gasteiger partial charge is 0.240 e. The van der Waals surface area contributed by atoms with Crippen LogP contribution in [0.4, 0.5) is 0 Å². The Morgan fingerprint density at radius 3 is 2.69 bits per heavy atom. The fourth-order valence-electron chi connectivity index (χ4n) is 2.22.